The fraction of sp³-hybridized carbons (Fsp3) is 0.750. The molecule has 7 nitrogen and oxygen atoms in total. The summed E-state index contributed by atoms with van der Waals surface area (Å²) in [6.07, 6.45) is 3.97. The van der Waals surface area contributed by atoms with Gasteiger partial charge in [-0.2, -0.15) is 5.10 Å². The molecule has 1 aromatic rings. The predicted molar refractivity (Wildman–Crippen MR) is 76.8 cm³/mol. The molecule has 20 heavy (non-hydrogen) atoms. The third-order valence-electron chi connectivity index (χ3n) is 3.43. The molecule has 3 N–H and O–H groups in total. The van der Waals surface area contributed by atoms with Gasteiger partial charge >= 0.3 is 0 Å². The first-order valence-electron chi connectivity index (χ1n) is 7.08. The first-order chi connectivity index (χ1) is 9.63. The van der Waals surface area contributed by atoms with E-state index < -0.39 is 10.0 Å². The summed E-state index contributed by atoms with van der Waals surface area (Å²) < 4.78 is 27.1. The molecular weight excluding hydrogens is 278 g/mol. The molecule has 114 valence electrons. The van der Waals surface area contributed by atoms with Gasteiger partial charge < -0.3 is 10.2 Å². The van der Waals surface area contributed by atoms with Crippen LogP contribution in [0.4, 0.5) is 0 Å². The molecule has 1 aliphatic rings. The lowest BCUT2D eigenvalue weighted by atomic mass is 10.3. The van der Waals surface area contributed by atoms with E-state index in [1.54, 1.807) is 6.20 Å². The molecule has 0 spiro atoms. The Kier molecular flexibility index (Phi) is 5.53. The molecule has 0 atom stereocenters. The lowest BCUT2D eigenvalue weighted by molar-refractivity contribution is 0.344. The van der Waals surface area contributed by atoms with Crippen molar-refractivity contribution in [3.05, 3.63) is 11.8 Å². The largest absolute Gasteiger partial charge is 0.313 e. The summed E-state index contributed by atoms with van der Waals surface area (Å²) in [6, 6.07) is 0. The van der Waals surface area contributed by atoms with Gasteiger partial charge in [-0.05, 0) is 32.5 Å². The van der Waals surface area contributed by atoms with E-state index in [-0.39, 0.29) is 5.03 Å². The van der Waals surface area contributed by atoms with Crippen molar-refractivity contribution in [1.82, 2.24) is 25.1 Å². The van der Waals surface area contributed by atoms with E-state index in [1.807, 2.05) is 6.92 Å². The summed E-state index contributed by atoms with van der Waals surface area (Å²) in [6.45, 7) is 6.58. The predicted octanol–water partition coefficient (Wildman–Crippen LogP) is -0.107. The zero-order valence-corrected chi connectivity index (χ0v) is 12.7. The lowest BCUT2D eigenvalue weighted by Crippen LogP contribution is -2.34. The molecule has 2 rings (SSSR count). The normalized spacial score (nSPS) is 16.9. The van der Waals surface area contributed by atoms with Gasteiger partial charge in [0.25, 0.3) is 10.0 Å². The van der Waals surface area contributed by atoms with Crippen LogP contribution >= 0.6 is 0 Å². The molecule has 1 aliphatic heterocycles. The number of nitrogens with zero attached hydrogens (tertiary/aromatic N) is 2. The first kappa shape index (κ1) is 15.4. The van der Waals surface area contributed by atoms with Gasteiger partial charge in [0.05, 0.1) is 6.20 Å². The van der Waals surface area contributed by atoms with Crippen LogP contribution in [0.2, 0.25) is 0 Å². The van der Waals surface area contributed by atoms with Gasteiger partial charge in [0.1, 0.15) is 0 Å². The molecule has 0 aliphatic carbocycles. The van der Waals surface area contributed by atoms with Crippen molar-refractivity contribution in [1.29, 1.82) is 0 Å². The molecule has 1 aromatic heterocycles. The standard InChI is InChI=1S/C12H23N5O2S/c1-2-13-9-11-10-14-16-12(11)20(18,19)15-5-8-17-6-3-4-7-17/h10,13,15H,2-9H2,1H3,(H,14,16). The molecule has 2 heterocycles. The van der Waals surface area contributed by atoms with Crippen LogP contribution in [-0.4, -0.2) is 56.2 Å². The monoisotopic (exact) mass is 301 g/mol. The van der Waals surface area contributed by atoms with Crippen LogP contribution in [0.25, 0.3) is 0 Å². The smallest absolute Gasteiger partial charge is 0.257 e. The van der Waals surface area contributed by atoms with Crippen LogP contribution in [-0.2, 0) is 16.6 Å². The summed E-state index contributed by atoms with van der Waals surface area (Å²) in [7, 11) is -3.50. The number of nitrogens with one attached hydrogen (secondary N) is 3. The molecule has 1 saturated heterocycles. The summed E-state index contributed by atoms with van der Waals surface area (Å²) >= 11 is 0. The molecule has 0 bridgehead atoms. The Labute approximate surface area is 120 Å². The Morgan fingerprint density at radius 1 is 1.40 bits per heavy atom. The number of likely N-dealkylation sites (tertiary alicyclic amines) is 1. The van der Waals surface area contributed by atoms with Crippen molar-refractivity contribution in [2.75, 3.05) is 32.7 Å². The maximum Gasteiger partial charge on any atom is 0.257 e. The van der Waals surface area contributed by atoms with E-state index in [2.05, 4.69) is 25.1 Å². The number of sulfonamides is 1. The fourth-order valence-electron chi connectivity index (χ4n) is 2.33. The van der Waals surface area contributed by atoms with Gasteiger partial charge in [-0.1, -0.05) is 6.92 Å². The van der Waals surface area contributed by atoms with Crippen molar-refractivity contribution in [2.45, 2.75) is 31.3 Å². The summed E-state index contributed by atoms with van der Waals surface area (Å²) in [5.41, 5.74) is 0.667. The quantitative estimate of drug-likeness (QED) is 0.623. The highest BCUT2D eigenvalue weighted by atomic mass is 32.2. The van der Waals surface area contributed by atoms with Crippen molar-refractivity contribution >= 4 is 10.0 Å². The Morgan fingerprint density at radius 2 is 2.15 bits per heavy atom. The molecular formula is C12H23N5O2S. The molecule has 0 aromatic carbocycles. The second kappa shape index (κ2) is 7.16. The molecule has 0 amide bonds. The minimum absolute atomic E-state index is 0.167. The lowest BCUT2D eigenvalue weighted by Gasteiger charge is -2.14. The second-order valence-electron chi connectivity index (χ2n) is 4.95. The maximum absolute atomic E-state index is 12.2. The van der Waals surface area contributed by atoms with E-state index >= 15 is 0 Å². The zero-order chi connectivity index (χ0) is 14.4. The van der Waals surface area contributed by atoms with Crippen molar-refractivity contribution < 1.29 is 8.42 Å². The number of hydrogen-bond acceptors (Lipinski definition) is 5. The van der Waals surface area contributed by atoms with E-state index in [0.717, 1.165) is 26.2 Å². The molecule has 0 saturated carbocycles. The third-order valence-corrected chi connectivity index (χ3v) is 4.91. The Bertz CT molecular complexity index is 508. The highest BCUT2D eigenvalue weighted by molar-refractivity contribution is 7.89. The summed E-state index contributed by atoms with van der Waals surface area (Å²) in [5, 5.41) is 9.68. The minimum atomic E-state index is -3.50. The van der Waals surface area contributed by atoms with Crippen LogP contribution in [0, 0.1) is 0 Å². The van der Waals surface area contributed by atoms with Crippen LogP contribution in [0.1, 0.15) is 25.3 Å². The van der Waals surface area contributed by atoms with E-state index in [4.69, 9.17) is 0 Å². The Morgan fingerprint density at radius 3 is 2.85 bits per heavy atom. The van der Waals surface area contributed by atoms with Crippen LogP contribution < -0.4 is 10.0 Å². The third kappa shape index (κ3) is 4.02. The van der Waals surface area contributed by atoms with Gasteiger partial charge in [0, 0.05) is 25.2 Å². The molecule has 0 unspecified atom stereocenters. The SMILES string of the molecule is CCNCc1cn[nH]c1S(=O)(=O)NCCN1CCCC1. The first-order valence-corrected chi connectivity index (χ1v) is 8.57. The maximum atomic E-state index is 12.2. The number of aromatic nitrogens is 2. The number of H-pyrrole nitrogens is 1. The molecule has 1 fully saturated rings. The number of rotatable bonds is 8. The van der Waals surface area contributed by atoms with E-state index in [9.17, 15) is 8.42 Å². The van der Waals surface area contributed by atoms with Crippen LogP contribution in [0.15, 0.2) is 11.2 Å². The number of hydrogen-bond donors (Lipinski definition) is 3. The molecule has 0 radical (unpaired) electrons. The van der Waals surface area contributed by atoms with E-state index in [0.29, 0.717) is 18.7 Å². The number of aromatic amines is 1. The van der Waals surface area contributed by atoms with E-state index in [1.165, 1.54) is 12.8 Å². The van der Waals surface area contributed by atoms with Gasteiger partial charge in [-0.15, -0.1) is 0 Å². The Balaban J connectivity index is 1.90. The van der Waals surface area contributed by atoms with Crippen molar-refractivity contribution in [3.8, 4) is 0 Å². The average Bonchev–Trinajstić information content (AvgIpc) is 3.07. The van der Waals surface area contributed by atoms with Gasteiger partial charge in [0.15, 0.2) is 5.03 Å². The van der Waals surface area contributed by atoms with Crippen LogP contribution in [0.3, 0.4) is 0 Å². The minimum Gasteiger partial charge on any atom is -0.313 e. The summed E-state index contributed by atoms with van der Waals surface area (Å²) in [4.78, 5) is 2.27. The zero-order valence-electron chi connectivity index (χ0n) is 11.9. The Hall–Kier alpha value is -0.960. The van der Waals surface area contributed by atoms with Gasteiger partial charge in [-0.25, -0.2) is 13.1 Å². The highest BCUT2D eigenvalue weighted by Gasteiger charge is 2.20. The van der Waals surface area contributed by atoms with Crippen LogP contribution in [0.5, 0.6) is 0 Å². The topological polar surface area (TPSA) is 90.1 Å². The van der Waals surface area contributed by atoms with Crippen molar-refractivity contribution in [3.63, 3.8) is 0 Å². The van der Waals surface area contributed by atoms with Gasteiger partial charge in [-0.3, -0.25) is 5.10 Å². The highest BCUT2D eigenvalue weighted by Crippen LogP contribution is 2.11. The second-order valence-corrected chi connectivity index (χ2v) is 6.66. The van der Waals surface area contributed by atoms with Crippen molar-refractivity contribution in [2.24, 2.45) is 0 Å². The fourth-order valence-corrected chi connectivity index (χ4v) is 3.48. The molecule has 8 heteroatoms. The average molecular weight is 301 g/mol. The summed E-state index contributed by atoms with van der Waals surface area (Å²) in [5.74, 6) is 0. The van der Waals surface area contributed by atoms with Gasteiger partial charge in [0.2, 0.25) is 0 Å².